The van der Waals surface area contributed by atoms with Crippen LogP contribution in [0, 0.1) is 12.1 Å². The minimum Gasteiger partial charge on any atom is -0.453 e. The lowest BCUT2D eigenvalue weighted by molar-refractivity contribution is 0.418. The Morgan fingerprint density at radius 1 is 0.650 bits per heavy atom. The molecule has 0 aromatic heterocycles. The SMILES string of the molecule is [c]1[c]c(Oc2ccccc2)c(Oc2ccccc2)cc1. The molecule has 2 heteroatoms. The number of rotatable bonds is 4. The minimum absolute atomic E-state index is 0.516. The van der Waals surface area contributed by atoms with Crippen LogP contribution in [0.1, 0.15) is 0 Å². The van der Waals surface area contributed by atoms with Gasteiger partial charge in [0.05, 0.1) is 0 Å². The van der Waals surface area contributed by atoms with Crippen LogP contribution in [0.3, 0.4) is 0 Å². The molecule has 0 heterocycles. The van der Waals surface area contributed by atoms with Crippen LogP contribution < -0.4 is 9.47 Å². The van der Waals surface area contributed by atoms with Crippen molar-refractivity contribution in [2.24, 2.45) is 0 Å². The first-order valence-corrected chi connectivity index (χ1v) is 6.30. The fourth-order valence-corrected chi connectivity index (χ4v) is 1.74. The van der Waals surface area contributed by atoms with Crippen LogP contribution in [0.4, 0.5) is 0 Å². The van der Waals surface area contributed by atoms with Gasteiger partial charge in [-0.3, -0.25) is 0 Å². The van der Waals surface area contributed by atoms with Gasteiger partial charge in [-0.1, -0.05) is 36.4 Å². The summed E-state index contributed by atoms with van der Waals surface area (Å²) in [6.07, 6.45) is 0. The fourth-order valence-electron chi connectivity index (χ4n) is 1.74. The molecule has 3 aromatic rings. The summed E-state index contributed by atoms with van der Waals surface area (Å²) in [5, 5.41) is 0. The van der Waals surface area contributed by atoms with Gasteiger partial charge in [0.2, 0.25) is 0 Å². The molecule has 96 valence electrons. The van der Waals surface area contributed by atoms with Crippen LogP contribution in [0.2, 0.25) is 0 Å². The Labute approximate surface area is 118 Å². The minimum atomic E-state index is 0.516. The van der Waals surface area contributed by atoms with E-state index in [1.165, 1.54) is 0 Å². The van der Waals surface area contributed by atoms with E-state index >= 15 is 0 Å². The smallest absolute Gasteiger partial charge is 0.178 e. The molecule has 0 amide bonds. The molecule has 2 nitrogen and oxygen atoms in total. The summed E-state index contributed by atoms with van der Waals surface area (Å²) >= 11 is 0. The third kappa shape index (κ3) is 2.98. The van der Waals surface area contributed by atoms with Gasteiger partial charge in [-0.2, -0.15) is 0 Å². The van der Waals surface area contributed by atoms with Gasteiger partial charge in [0.1, 0.15) is 11.5 Å². The molecular weight excluding hydrogens is 248 g/mol. The van der Waals surface area contributed by atoms with Crippen molar-refractivity contribution < 1.29 is 9.47 Å². The summed E-state index contributed by atoms with van der Waals surface area (Å²) in [5.74, 6) is 2.62. The van der Waals surface area contributed by atoms with Crippen molar-refractivity contribution in [1.82, 2.24) is 0 Å². The standard InChI is InChI=1S/C18H12O2/c1-3-9-15(10-4-1)19-17-13-7-8-14-18(17)20-16-11-5-2-6-12-16/h1-7,9-13H. The quantitative estimate of drug-likeness (QED) is 0.666. The zero-order valence-electron chi connectivity index (χ0n) is 10.7. The molecular formula is C18H12O2. The highest BCUT2D eigenvalue weighted by Gasteiger charge is 2.07. The van der Waals surface area contributed by atoms with Gasteiger partial charge in [0.15, 0.2) is 11.5 Å². The van der Waals surface area contributed by atoms with Crippen LogP contribution in [0.15, 0.2) is 72.8 Å². The van der Waals surface area contributed by atoms with E-state index in [4.69, 9.17) is 9.47 Å². The molecule has 2 radical (unpaired) electrons. The molecule has 3 aromatic carbocycles. The Kier molecular flexibility index (Phi) is 3.65. The van der Waals surface area contributed by atoms with Gasteiger partial charge >= 0.3 is 0 Å². The maximum absolute atomic E-state index is 5.81. The van der Waals surface area contributed by atoms with E-state index < -0.39 is 0 Å². The predicted octanol–water partition coefficient (Wildman–Crippen LogP) is 4.87. The molecule has 3 rings (SSSR count). The third-order valence-electron chi connectivity index (χ3n) is 2.66. The van der Waals surface area contributed by atoms with E-state index in [0.717, 1.165) is 11.5 Å². The number of hydrogen-bond acceptors (Lipinski definition) is 2. The summed E-state index contributed by atoms with van der Waals surface area (Å²) in [5.41, 5.74) is 0. The lowest BCUT2D eigenvalue weighted by atomic mass is 10.3. The normalized spacial score (nSPS) is 10.0. The zero-order chi connectivity index (χ0) is 13.6. The van der Waals surface area contributed by atoms with Crippen molar-refractivity contribution in [3.05, 3.63) is 84.9 Å². The van der Waals surface area contributed by atoms with E-state index in [2.05, 4.69) is 12.1 Å². The van der Waals surface area contributed by atoms with E-state index in [-0.39, 0.29) is 0 Å². The van der Waals surface area contributed by atoms with Gasteiger partial charge in [-0.25, -0.2) is 0 Å². The van der Waals surface area contributed by atoms with Crippen LogP contribution in [-0.2, 0) is 0 Å². The molecule has 0 atom stereocenters. The van der Waals surface area contributed by atoms with Gasteiger partial charge in [-0.15, -0.1) is 0 Å². The summed E-state index contributed by atoms with van der Waals surface area (Å²) in [7, 11) is 0. The summed E-state index contributed by atoms with van der Waals surface area (Å²) in [4.78, 5) is 0. The van der Waals surface area contributed by atoms with Gasteiger partial charge in [0.25, 0.3) is 0 Å². The van der Waals surface area contributed by atoms with Crippen LogP contribution in [0.25, 0.3) is 0 Å². The van der Waals surface area contributed by atoms with Crippen molar-refractivity contribution in [2.75, 3.05) is 0 Å². The molecule has 20 heavy (non-hydrogen) atoms. The zero-order valence-corrected chi connectivity index (χ0v) is 10.7. The molecule has 0 saturated carbocycles. The highest BCUT2D eigenvalue weighted by atomic mass is 16.5. The second-order valence-corrected chi connectivity index (χ2v) is 4.13. The van der Waals surface area contributed by atoms with Crippen molar-refractivity contribution in [3.63, 3.8) is 0 Å². The molecule has 0 aliphatic heterocycles. The van der Waals surface area contributed by atoms with Crippen molar-refractivity contribution in [1.29, 1.82) is 0 Å². The van der Waals surface area contributed by atoms with Gasteiger partial charge < -0.3 is 9.47 Å². The Balaban J connectivity index is 1.85. The third-order valence-corrected chi connectivity index (χ3v) is 2.66. The Bertz CT molecular complexity index is 603. The maximum Gasteiger partial charge on any atom is 0.178 e. The maximum atomic E-state index is 5.81. The highest BCUT2D eigenvalue weighted by Crippen LogP contribution is 2.33. The average Bonchev–Trinajstić information content (AvgIpc) is 2.51. The lowest BCUT2D eigenvalue weighted by Crippen LogP contribution is -1.90. The van der Waals surface area contributed by atoms with Crippen molar-refractivity contribution in [3.8, 4) is 23.0 Å². The number of ether oxygens (including phenoxy) is 2. The predicted molar refractivity (Wildman–Crippen MR) is 77.1 cm³/mol. The Morgan fingerprint density at radius 3 is 1.90 bits per heavy atom. The Morgan fingerprint density at radius 2 is 1.25 bits per heavy atom. The molecule has 0 aliphatic carbocycles. The lowest BCUT2D eigenvalue weighted by Gasteiger charge is -2.11. The second-order valence-electron chi connectivity index (χ2n) is 4.13. The molecule has 0 N–H and O–H groups in total. The molecule has 0 fully saturated rings. The molecule has 0 spiro atoms. The molecule has 0 bridgehead atoms. The monoisotopic (exact) mass is 260 g/mol. The van der Waals surface area contributed by atoms with Crippen LogP contribution in [0.5, 0.6) is 23.0 Å². The average molecular weight is 260 g/mol. The summed E-state index contributed by atoms with van der Waals surface area (Å²) in [6, 6.07) is 28.5. The first-order valence-electron chi connectivity index (χ1n) is 6.30. The summed E-state index contributed by atoms with van der Waals surface area (Å²) in [6.45, 7) is 0. The largest absolute Gasteiger partial charge is 0.453 e. The van der Waals surface area contributed by atoms with Gasteiger partial charge in [0, 0.05) is 6.07 Å². The fraction of sp³-hybridized carbons (Fsp3) is 0. The first kappa shape index (κ1) is 12.3. The first-order chi connectivity index (χ1) is 9.92. The number of benzene rings is 3. The van der Waals surface area contributed by atoms with Gasteiger partial charge in [-0.05, 0) is 42.5 Å². The van der Waals surface area contributed by atoms with Crippen molar-refractivity contribution in [2.45, 2.75) is 0 Å². The van der Waals surface area contributed by atoms with E-state index in [0.29, 0.717) is 11.5 Å². The van der Waals surface area contributed by atoms with Crippen LogP contribution >= 0.6 is 0 Å². The van der Waals surface area contributed by atoms with E-state index in [1.807, 2.05) is 66.7 Å². The highest BCUT2D eigenvalue weighted by molar-refractivity contribution is 5.44. The molecule has 0 unspecified atom stereocenters. The molecule has 0 saturated heterocycles. The summed E-state index contributed by atoms with van der Waals surface area (Å²) < 4.78 is 11.6. The Hall–Kier alpha value is -2.74. The number of hydrogen-bond donors (Lipinski definition) is 0. The topological polar surface area (TPSA) is 18.5 Å². The van der Waals surface area contributed by atoms with Crippen LogP contribution in [-0.4, -0.2) is 0 Å². The second kappa shape index (κ2) is 5.93. The number of para-hydroxylation sites is 2. The van der Waals surface area contributed by atoms with E-state index in [1.54, 1.807) is 6.07 Å². The van der Waals surface area contributed by atoms with Crippen molar-refractivity contribution >= 4 is 0 Å². The molecule has 0 aliphatic rings. The van der Waals surface area contributed by atoms with E-state index in [9.17, 15) is 0 Å².